The molecule has 0 bridgehead atoms. The summed E-state index contributed by atoms with van der Waals surface area (Å²) in [5, 5.41) is 10.0. The summed E-state index contributed by atoms with van der Waals surface area (Å²) in [6, 6.07) is 12.8. The Bertz CT molecular complexity index is 1170. The van der Waals surface area contributed by atoms with E-state index >= 15 is 0 Å². The van der Waals surface area contributed by atoms with Gasteiger partial charge in [0.2, 0.25) is 5.78 Å². The lowest BCUT2D eigenvalue weighted by Gasteiger charge is -2.05. The van der Waals surface area contributed by atoms with Gasteiger partial charge in [-0.3, -0.25) is 9.20 Å². The molecule has 4 aromatic rings. The molecule has 0 fully saturated rings. The van der Waals surface area contributed by atoms with Crippen molar-refractivity contribution in [1.29, 1.82) is 0 Å². The molecule has 0 unspecified atom stereocenters. The smallest absolute Gasteiger partial charge is 0.340 e. The van der Waals surface area contributed by atoms with E-state index in [1.807, 2.05) is 0 Å². The van der Waals surface area contributed by atoms with E-state index in [-0.39, 0.29) is 29.2 Å². The van der Waals surface area contributed by atoms with Crippen molar-refractivity contribution in [2.45, 2.75) is 6.92 Å². The lowest BCUT2D eigenvalue weighted by atomic mass is 10.1. The predicted molar refractivity (Wildman–Crippen MR) is 100 cm³/mol. The van der Waals surface area contributed by atoms with Crippen LogP contribution in [0.25, 0.3) is 17.0 Å². The van der Waals surface area contributed by atoms with Crippen molar-refractivity contribution in [3.63, 3.8) is 0 Å². The van der Waals surface area contributed by atoms with Crippen LogP contribution in [-0.4, -0.2) is 32.9 Å². The molecule has 4 rings (SSSR count). The van der Waals surface area contributed by atoms with Crippen LogP contribution in [-0.2, 0) is 4.74 Å². The molecule has 0 saturated heterocycles. The van der Waals surface area contributed by atoms with Crippen molar-refractivity contribution < 1.29 is 23.8 Å². The van der Waals surface area contributed by atoms with Gasteiger partial charge in [0, 0.05) is 0 Å². The van der Waals surface area contributed by atoms with E-state index in [1.165, 1.54) is 35.2 Å². The molecule has 0 aliphatic heterocycles. The number of benzene rings is 1. The third-order valence-corrected chi connectivity index (χ3v) is 4.31. The Hall–Kier alpha value is -3.87. The van der Waals surface area contributed by atoms with E-state index in [1.54, 1.807) is 37.3 Å². The number of carbonyl (C=O) groups excluding carboxylic acids is 2. The lowest BCUT2D eigenvalue weighted by Crippen LogP contribution is -2.06. The van der Waals surface area contributed by atoms with Crippen molar-refractivity contribution in [1.82, 2.24) is 9.38 Å². The maximum atomic E-state index is 13.0. The van der Waals surface area contributed by atoms with Gasteiger partial charge in [-0.1, -0.05) is 12.1 Å². The van der Waals surface area contributed by atoms with Crippen LogP contribution in [0.1, 0.15) is 33.3 Å². The Morgan fingerprint density at radius 3 is 2.68 bits per heavy atom. The minimum Gasteiger partial charge on any atom is -0.507 e. The van der Waals surface area contributed by atoms with E-state index in [4.69, 9.17) is 9.15 Å². The fourth-order valence-corrected chi connectivity index (χ4v) is 3.01. The van der Waals surface area contributed by atoms with E-state index in [0.717, 1.165) is 0 Å². The molecular formula is C21H16N2O5. The van der Waals surface area contributed by atoms with E-state index in [9.17, 15) is 14.7 Å². The van der Waals surface area contributed by atoms with E-state index < -0.39 is 11.8 Å². The van der Waals surface area contributed by atoms with Gasteiger partial charge in [0.15, 0.2) is 5.76 Å². The Balaban J connectivity index is 1.91. The number of furan rings is 1. The van der Waals surface area contributed by atoms with Gasteiger partial charge in [-0.15, -0.1) is 0 Å². The van der Waals surface area contributed by atoms with Gasteiger partial charge in [0.1, 0.15) is 17.8 Å². The highest BCUT2D eigenvalue weighted by Crippen LogP contribution is 2.27. The number of phenols is 1. The highest BCUT2D eigenvalue weighted by molar-refractivity contribution is 6.12. The summed E-state index contributed by atoms with van der Waals surface area (Å²) in [7, 11) is 0. The largest absolute Gasteiger partial charge is 0.507 e. The SMILES string of the molecule is CCOC(=O)c1cc(C(=O)c2ccccc2O)n2cnc(-c3ccco3)cc12. The number of hydrogen-bond acceptors (Lipinski definition) is 6. The molecule has 140 valence electrons. The Kier molecular flexibility index (Phi) is 4.41. The van der Waals surface area contributed by atoms with Gasteiger partial charge >= 0.3 is 5.97 Å². The fraction of sp³-hybridized carbons (Fsp3) is 0.0952. The Labute approximate surface area is 159 Å². The summed E-state index contributed by atoms with van der Waals surface area (Å²) in [6.07, 6.45) is 2.97. The molecule has 0 amide bonds. The van der Waals surface area contributed by atoms with Crippen LogP contribution in [0.15, 0.2) is 65.5 Å². The average Bonchev–Trinajstić information content (AvgIpc) is 3.36. The second-order valence-corrected chi connectivity index (χ2v) is 6.02. The minimum absolute atomic E-state index is 0.132. The van der Waals surface area contributed by atoms with Crippen molar-refractivity contribution in [2.75, 3.05) is 6.61 Å². The number of phenolic OH excluding ortho intramolecular Hbond substituents is 1. The van der Waals surface area contributed by atoms with Gasteiger partial charge in [0.25, 0.3) is 0 Å². The Morgan fingerprint density at radius 2 is 1.96 bits per heavy atom. The summed E-state index contributed by atoms with van der Waals surface area (Å²) in [6.45, 7) is 1.91. The second kappa shape index (κ2) is 7.03. The molecule has 7 nitrogen and oxygen atoms in total. The van der Waals surface area contributed by atoms with Crippen molar-refractivity contribution in [2.24, 2.45) is 0 Å². The molecule has 28 heavy (non-hydrogen) atoms. The van der Waals surface area contributed by atoms with E-state index in [0.29, 0.717) is 17.0 Å². The van der Waals surface area contributed by atoms with Crippen molar-refractivity contribution in [3.05, 3.63) is 77.9 Å². The molecule has 3 aromatic heterocycles. The molecule has 0 aliphatic carbocycles. The van der Waals surface area contributed by atoms with Crippen LogP contribution < -0.4 is 0 Å². The first-order valence-corrected chi connectivity index (χ1v) is 8.65. The topological polar surface area (TPSA) is 94.0 Å². The molecule has 0 saturated carbocycles. The zero-order chi connectivity index (χ0) is 19.7. The highest BCUT2D eigenvalue weighted by atomic mass is 16.5. The number of hydrogen-bond donors (Lipinski definition) is 1. The summed E-state index contributed by atoms with van der Waals surface area (Å²) in [5.41, 5.74) is 1.53. The summed E-state index contributed by atoms with van der Waals surface area (Å²) in [5.74, 6) is -0.587. The molecule has 3 heterocycles. The fourth-order valence-electron chi connectivity index (χ4n) is 3.01. The van der Waals surface area contributed by atoms with E-state index in [2.05, 4.69) is 4.98 Å². The average molecular weight is 376 g/mol. The first-order valence-electron chi connectivity index (χ1n) is 8.65. The number of ether oxygens (including phenoxy) is 1. The van der Waals surface area contributed by atoms with Crippen LogP contribution in [0.3, 0.4) is 0 Å². The number of nitrogens with zero attached hydrogens (tertiary/aromatic N) is 2. The number of rotatable bonds is 5. The number of ketones is 1. The molecular weight excluding hydrogens is 360 g/mol. The van der Waals surface area contributed by atoms with Crippen LogP contribution in [0.2, 0.25) is 0 Å². The molecule has 0 radical (unpaired) electrons. The number of aromatic nitrogens is 2. The molecule has 0 aliphatic rings. The third kappa shape index (κ3) is 2.92. The number of carbonyl (C=O) groups is 2. The van der Waals surface area contributed by atoms with Crippen LogP contribution in [0.4, 0.5) is 0 Å². The van der Waals surface area contributed by atoms with Crippen LogP contribution in [0.5, 0.6) is 5.75 Å². The summed E-state index contributed by atoms with van der Waals surface area (Å²) < 4.78 is 12.0. The van der Waals surface area contributed by atoms with Gasteiger partial charge in [-0.05, 0) is 43.3 Å². The summed E-state index contributed by atoms with van der Waals surface area (Å²) in [4.78, 5) is 29.8. The second-order valence-electron chi connectivity index (χ2n) is 6.02. The molecule has 1 N–H and O–H groups in total. The maximum Gasteiger partial charge on any atom is 0.340 e. The van der Waals surface area contributed by atoms with Gasteiger partial charge in [0.05, 0.1) is 35.2 Å². The van der Waals surface area contributed by atoms with Gasteiger partial charge in [-0.25, -0.2) is 9.78 Å². The van der Waals surface area contributed by atoms with Crippen molar-refractivity contribution in [3.8, 4) is 17.2 Å². The number of fused-ring (bicyclic) bond motifs is 1. The molecule has 1 aromatic carbocycles. The quantitative estimate of drug-likeness (QED) is 0.422. The lowest BCUT2D eigenvalue weighted by molar-refractivity contribution is 0.0529. The standard InChI is InChI=1S/C21H16N2O5/c1-2-27-21(26)14-10-17(20(25)13-6-3-4-7-18(13)24)23-12-22-15(11-16(14)23)19-8-5-9-28-19/h3-12,24H,2H2,1H3. The maximum absolute atomic E-state index is 13.0. The Morgan fingerprint density at radius 1 is 1.14 bits per heavy atom. The molecule has 0 atom stereocenters. The number of esters is 1. The number of aromatic hydroxyl groups is 1. The zero-order valence-corrected chi connectivity index (χ0v) is 15.0. The minimum atomic E-state index is -0.548. The molecule has 7 heteroatoms. The molecule has 0 spiro atoms. The van der Waals surface area contributed by atoms with Gasteiger partial charge in [-0.2, -0.15) is 0 Å². The highest BCUT2D eigenvalue weighted by Gasteiger charge is 2.23. The summed E-state index contributed by atoms with van der Waals surface area (Å²) >= 11 is 0. The third-order valence-electron chi connectivity index (χ3n) is 4.31. The van der Waals surface area contributed by atoms with Crippen LogP contribution >= 0.6 is 0 Å². The van der Waals surface area contributed by atoms with Gasteiger partial charge < -0.3 is 14.3 Å². The zero-order valence-electron chi connectivity index (χ0n) is 15.0. The normalized spacial score (nSPS) is 10.9. The number of para-hydroxylation sites is 1. The first-order chi connectivity index (χ1) is 13.6. The van der Waals surface area contributed by atoms with Crippen molar-refractivity contribution >= 4 is 17.3 Å². The van der Waals surface area contributed by atoms with Crippen LogP contribution in [0, 0.1) is 0 Å². The monoisotopic (exact) mass is 376 g/mol. The predicted octanol–water partition coefficient (Wildman–Crippen LogP) is 3.71. The first kappa shape index (κ1) is 17.5.